The number of nitrogens with zero attached hydrogens (tertiary/aromatic N) is 3. The molecule has 1 aliphatic heterocycles. The van der Waals surface area contributed by atoms with Crippen molar-refractivity contribution >= 4 is 23.4 Å². The van der Waals surface area contributed by atoms with Gasteiger partial charge in [0.15, 0.2) is 0 Å². The normalized spacial score (nSPS) is 22.9. The number of anilines is 2. The van der Waals surface area contributed by atoms with E-state index in [1.807, 2.05) is 0 Å². The van der Waals surface area contributed by atoms with Crippen molar-refractivity contribution in [1.29, 1.82) is 0 Å². The number of nitrogens with one attached hydrogen (secondary N) is 1. The van der Waals surface area contributed by atoms with Crippen LogP contribution in [0.25, 0.3) is 0 Å². The van der Waals surface area contributed by atoms with Gasteiger partial charge in [0.2, 0.25) is 0 Å². The molecule has 0 amide bonds. The predicted molar refractivity (Wildman–Crippen MR) is 88.9 cm³/mol. The fraction of sp³-hybridized carbons (Fsp3) is 0.733. The fourth-order valence-corrected chi connectivity index (χ4v) is 3.59. The van der Waals surface area contributed by atoms with E-state index in [-0.39, 0.29) is 0 Å². The molecule has 0 saturated carbocycles. The van der Waals surface area contributed by atoms with Gasteiger partial charge in [0, 0.05) is 42.6 Å². The van der Waals surface area contributed by atoms with Gasteiger partial charge in [-0.3, -0.25) is 0 Å². The summed E-state index contributed by atoms with van der Waals surface area (Å²) in [5.74, 6) is 4.17. The highest BCUT2D eigenvalue weighted by atomic mass is 32.2. The van der Waals surface area contributed by atoms with E-state index in [0.717, 1.165) is 43.4 Å². The molecular weight excluding hydrogens is 268 g/mol. The Balaban J connectivity index is 2.28. The topological polar surface area (TPSA) is 41.1 Å². The second-order valence-electron chi connectivity index (χ2n) is 5.32. The number of thioether (sulfide) groups is 1. The van der Waals surface area contributed by atoms with E-state index in [1.165, 1.54) is 5.75 Å². The van der Waals surface area contributed by atoms with Crippen LogP contribution in [0.4, 0.5) is 11.6 Å². The monoisotopic (exact) mass is 294 g/mol. The zero-order chi connectivity index (χ0) is 14.5. The Bertz CT molecular complexity index is 414. The Morgan fingerprint density at radius 3 is 2.85 bits per heavy atom. The molecule has 0 radical (unpaired) electrons. The summed E-state index contributed by atoms with van der Waals surface area (Å²) < 4.78 is 0. The molecular formula is C15H26N4S. The Kier molecular flexibility index (Phi) is 5.52. The molecule has 112 valence electrons. The lowest BCUT2D eigenvalue weighted by molar-refractivity contribution is 0.617. The Hall–Kier alpha value is -0.970. The number of aryl methyl sites for hydroxylation is 1. The molecule has 0 bridgehead atoms. The maximum Gasteiger partial charge on any atom is 0.134 e. The number of aromatic nitrogens is 2. The zero-order valence-electron chi connectivity index (χ0n) is 13.0. The van der Waals surface area contributed by atoms with E-state index < -0.39 is 0 Å². The summed E-state index contributed by atoms with van der Waals surface area (Å²) >= 11 is 2.05. The molecule has 4 nitrogen and oxygen atoms in total. The smallest absolute Gasteiger partial charge is 0.134 e. The molecule has 2 unspecified atom stereocenters. The van der Waals surface area contributed by atoms with Gasteiger partial charge in [0.25, 0.3) is 0 Å². The zero-order valence-corrected chi connectivity index (χ0v) is 13.8. The van der Waals surface area contributed by atoms with Crippen molar-refractivity contribution in [1.82, 2.24) is 9.97 Å². The second kappa shape index (κ2) is 7.16. The van der Waals surface area contributed by atoms with Gasteiger partial charge >= 0.3 is 0 Å². The van der Waals surface area contributed by atoms with Crippen molar-refractivity contribution in [3.05, 3.63) is 11.9 Å². The van der Waals surface area contributed by atoms with Crippen LogP contribution in [0.3, 0.4) is 0 Å². The summed E-state index contributed by atoms with van der Waals surface area (Å²) in [4.78, 5) is 11.8. The van der Waals surface area contributed by atoms with Crippen LogP contribution in [0.15, 0.2) is 6.07 Å². The van der Waals surface area contributed by atoms with E-state index in [9.17, 15) is 0 Å². The van der Waals surface area contributed by atoms with Gasteiger partial charge in [-0.2, -0.15) is 11.8 Å². The van der Waals surface area contributed by atoms with Gasteiger partial charge in [-0.1, -0.05) is 13.8 Å². The third kappa shape index (κ3) is 3.57. The van der Waals surface area contributed by atoms with Gasteiger partial charge in [-0.15, -0.1) is 0 Å². The summed E-state index contributed by atoms with van der Waals surface area (Å²) in [6.45, 7) is 10.8. The number of rotatable bonds is 5. The predicted octanol–water partition coefficient (Wildman–Crippen LogP) is 3.19. The minimum absolute atomic E-state index is 0.521. The van der Waals surface area contributed by atoms with Crippen LogP contribution in [-0.4, -0.2) is 40.1 Å². The maximum atomic E-state index is 4.78. The molecule has 1 saturated heterocycles. The molecule has 2 rings (SSSR count). The van der Waals surface area contributed by atoms with Crippen molar-refractivity contribution < 1.29 is 0 Å². The third-order valence-corrected chi connectivity index (χ3v) is 5.11. The first kappa shape index (κ1) is 15.4. The van der Waals surface area contributed by atoms with Crippen LogP contribution < -0.4 is 10.2 Å². The van der Waals surface area contributed by atoms with Crippen molar-refractivity contribution in [3.8, 4) is 0 Å². The molecule has 2 heterocycles. The standard InChI is InChI=1S/C15H26N4S/c1-5-7-13-17-14(16-6-2)10-15(18-13)19-8-9-20-12(4)11(19)3/h10-12H,5-9H2,1-4H3,(H,16,17,18). The van der Waals surface area contributed by atoms with Gasteiger partial charge < -0.3 is 10.2 Å². The maximum absolute atomic E-state index is 4.78. The summed E-state index contributed by atoms with van der Waals surface area (Å²) in [5.41, 5.74) is 0. The lowest BCUT2D eigenvalue weighted by Gasteiger charge is -2.38. The number of hydrogen-bond acceptors (Lipinski definition) is 5. The average Bonchev–Trinajstić information content (AvgIpc) is 2.42. The van der Waals surface area contributed by atoms with Gasteiger partial charge in [0.1, 0.15) is 17.5 Å². The molecule has 1 fully saturated rings. The summed E-state index contributed by atoms with van der Waals surface area (Å²) in [5, 5.41) is 3.98. The van der Waals surface area contributed by atoms with Gasteiger partial charge in [-0.05, 0) is 20.3 Å². The Morgan fingerprint density at radius 2 is 2.15 bits per heavy atom. The molecule has 0 spiro atoms. The second-order valence-corrected chi connectivity index (χ2v) is 6.80. The molecule has 1 aliphatic rings. The molecule has 0 aromatic carbocycles. The molecule has 5 heteroatoms. The highest BCUT2D eigenvalue weighted by Gasteiger charge is 2.26. The van der Waals surface area contributed by atoms with E-state index in [4.69, 9.17) is 4.98 Å². The van der Waals surface area contributed by atoms with Crippen molar-refractivity contribution in [2.45, 2.75) is 51.8 Å². The summed E-state index contributed by atoms with van der Waals surface area (Å²) in [6.07, 6.45) is 2.02. The van der Waals surface area contributed by atoms with E-state index in [0.29, 0.717) is 11.3 Å². The minimum atomic E-state index is 0.521. The molecule has 1 aromatic rings. The van der Waals surface area contributed by atoms with Crippen molar-refractivity contribution in [2.24, 2.45) is 0 Å². The van der Waals surface area contributed by atoms with E-state index in [2.05, 4.69) is 60.7 Å². The first-order valence-corrected chi connectivity index (χ1v) is 8.70. The molecule has 1 N–H and O–H groups in total. The fourth-order valence-electron chi connectivity index (χ4n) is 2.49. The first-order valence-electron chi connectivity index (χ1n) is 7.65. The first-order chi connectivity index (χ1) is 9.65. The third-order valence-electron chi connectivity index (χ3n) is 3.77. The van der Waals surface area contributed by atoms with Crippen LogP contribution in [0.2, 0.25) is 0 Å². The van der Waals surface area contributed by atoms with Crippen molar-refractivity contribution in [3.63, 3.8) is 0 Å². The van der Waals surface area contributed by atoms with Crippen LogP contribution in [0.5, 0.6) is 0 Å². The lowest BCUT2D eigenvalue weighted by Crippen LogP contribution is -2.45. The average molecular weight is 294 g/mol. The van der Waals surface area contributed by atoms with Crippen LogP contribution in [0, 0.1) is 0 Å². The van der Waals surface area contributed by atoms with Crippen LogP contribution in [0.1, 0.15) is 39.9 Å². The Labute approximate surface area is 126 Å². The molecule has 0 aliphatic carbocycles. The molecule has 1 aromatic heterocycles. The van der Waals surface area contributed by atoms with Gasteiger partial charge in [0.05, 0.1) is 0 Å². The van der Waals surface area contributed by atoms with Crippen LogP contribution in [-0.2, 0) is 6.42 Å². The van der Waals surface area contributed by atoms with Crippen molar-refractivity contribution in [2.75, 3.05) is 29.1 Å². The minimum Gasteiger partial charge on any atom is -0.370 e. The summed E-state index contributed by atoms with van der Waals surface area (Å²) in [7, 11) is 0. The highest BCUT2D eigenvalue weighted by Crippen LogP contribution is 2.29. The van der Waals surface area contributed by atoms with Gasteiger partial charge in [-0.25, -0.2) is 9.97 Å². The Morgan fingerprint density at radius 1 is 1.35 bits per heavy atom. The van der Waals surface area contributed by atoms with E-state index >= 15 is 0 Å². The van der Waals surface area contributed by atoms with E-state index in [1.54, 1.807) is 0 Å². The quantitative estimate of drug-likeness (QED) is 0.903. The molecule has 20 heavy (non-hydrogen) atoms. The SMILES string of the molecule is CCCc1nc(NCC)cc(N2CCSC(C)C2C)n1. The molecule has 2 atom stereocenters. The summed E-state index contributed by atoms with van der Waals surface area (Å²) in [6, 6.07) is 2.62. The largest absolute Gasteiger partial charge is 0.370 e. The highest BCUT2D eigenvalue weighted by molar-refractivity contribution is 8.00. The number of hydrogen-bond donors (Lipinski definition) is 1. The lowest BCUT2D eigenvalue weighted by atomic mass is 10.2. The van der Waals surface area contributed by atoms with Crippen LogP contribution >= 0.6 is 11.8 Å².